The molecule has 0 fully saturated rings. The molecule has 0 bridgehead atoms. The highest BCUT2D eigenvalue weighted by molar-refractivity contribution is 5.05. The number of aliphatic hydroxyl groups excluding tert-OH is 1. The average Bonchev–Trinajstić information content (AvgIpc) is 2.17. The van der Waals surface area contributed by atoms with E-state index in [1.807, 2.05) is 0 Å². The van der Waals surface area contributed by atoms with E-state index in [1.54, 1.807) is 0 Å². The lowest BCUT2D eigenvalue weighted by Crippen LogP contribution is -2.01. The minimum Gasteiger partial charge on any atom is -0.396 e. The van der Waals surface area contributed by atoms with Crippen LogP contribution in [0, 0.1) is 5.92 Å². The monoisotopic (exact) mass is 222 g/mol. The molecule has 1 heteroatoms. The van der Waals surface area contributed by atoms with Gasteiger partial charge in [-0.1, -0.05) is 29.4 Å². The fraction of sp³-hybridized carbons (Fsp3) is 0.600. The predicted molar refractivity (Wildman–Crippen MR) is 72.4 cm³/mol. The van der Waals surface area contributed by atoms with Crippen molar-refractivity contribution in [1.82, 2.24) is 0 Å². The van der Waals surface area contributed by atoms with Crippen molar-refractivity contribution in [3.63, 3.8) is 0 Å². The first-order valence-corrected chi connectivity index (χ1v) is 6.03. The molecule has 1 N–H and O–H groups in total. The van der Waals surface area contributed by atoms with E-state index in [0.717, 1.165) is 25.7 Å². The van der Waals surface area contributed by atoms with Crippen LogP contribution >= 0.6 is 0 Å². The highest BCUT2D eigenvalue weighted by Crippen LogP contribution is 2.22. The molecule has 16 heavy (non-hydrogen) atoms. The molecule has 0 amide bonds. The predicted octanol–water partition coefficient (Wildman–Crippen LogP) is 4.25. The second-order valence-corrected chi connectivity index (χ2v) is 4.80. The van der Waals surface area contributed by atoms with Gasteiger partial charge in [0.25, 0.3) is 0 Å². The van der Waals surface area contributed by atoms with Gasteiger partial charge >= 0.3 is 0 Å². The molecule has 92 valence electrons. The first-order valence-electron chi connectivity index (χ1n) is 6.03. The summed E-state index contributed by atoms with van der Waals surface area (Å²) >= 11 is 0. The van der Waals surface area contributed by atoms with Crippen molar-refractivity contribution in [3.8, 4) is 0 Å². The molecule has 0 spiro atoms. The zero-order valence-electron chi connectivity index (χ0n) is 11.1. The Kier molecular flexibility index (Phi) is 7.92. The van der Waals surface area contributed by atoms with E-state index in [-0.39, 0.29) is 6.61 Å². The minimum atomic E-state index is 0.242. The topological polar surface area (TPSA) is 20.2 Å². The molecule has 0 rings (SSSR count). The molecule has 0 heterocycles. The SMILES string of the molecule is C=C(C)CCC(CC=C(C)CCO)C(=C)C. The number of allylic oxidation sites excluding steroid dienone is 3. The van der Waals surface area contributed by atoms with Crippen molar-refractivity contribution in [3.05, 3.63) is 36.0 Å². The van der Waals surface area contributed by atoms with Gasteiger partial charge in [0.2, 0.25) is 0 Å². The average molecular weight is 222 g/mol. The summed E-state index contributed by atoms with van der Waals surface area (Å²) in [5.41, 5.74) is 3.75. The zero-order valence-corrected chi connectivity index (χ0v) is 11.1. The molecule has 0 aromatic carbocycles. The fourth-order valence-corrected chi connectivity index (χ4v) is 1.61. The van der Waals surface area contributed by atoms with Crippen molar-refractivity contribution in [2.75, 3.05) is 6.61 Å². The van der Waals surface area contributed by atoms with Crippen LogP contribution in [-0.2, 0) is 0 Å². The quantitative estimate of drug-likeness (QED) is 0.609. The van der Waals surface area contributed by atoms with E-state index in [9.17, 15) is 0 Å². The Labute approximate surface area is 101 Å². The van der Waals surface area contributed by atoms with Crippen molar-refractivity contribution >= 4 is 0 Å². The zero-order chi connectivity index (χ0) is 12.6. The Morgan fingerprint density at radius 3 is 2.25 bits per heavy atom. The number of hydrogen-bond donors (Lipinski definition) is 1. The lowest BCUT2D eigenvalue weighted by atomic mass is 9.90. The van der Waals surface area contributed by atoms with Gasteiger partial charge in [0.05, 0.1) is 0 Å². The molecule has 1 nitrogen and oxygen atoms in total. The Morgan fingerprint density at radius 1 is 1.19 bits per heavy atom. The molecule has 1 unspecified atom stereocenters. The molecule has 0 aliphatic rings. The molecule has 0 saturated heterocycles. The van der Waals surface area contributed by atoms with Crippen molar-refractivity contribution < 1.29 is 5.11 Å². The van der Waals surface area contributed by atoms with Gasteiger partial charge in [0.15, 0.2) is 0 Å². The van der Waals surface area contributed by atoms with Crippen LogP contribution in [0.25, 0.3) is 0 Å². The highest BCUT2D eigenvalue weighted by Gasteiger charge is 2.07. The molecule has 0 aliphatic heterocycles. The van der Waals surface area contributed by atoms with Crippen molar-refractivity contribution in [2.45, 2.75) is 46.5 Å². The summed E-state index contributed by atoms with van der Waals surface area (Å²) < 4.78 is 0. The normalized spacial score (nSPS) is 13.6. The number of aliphatic hydroxyl groups is 1. The van der Waals surface area contributed by atoms with Crippen LogP contribution in [0.2, 0.25) is 0 Å². The summed E-state index contributed by atoms with van der Waals surface area (Å²) in [6.45, 7) is 14.5. The van der Waals surface area contributed by atoms with Crippen LogP contribution in [0.4, 0.5) is 0 Å². The summed E-state index contributed by atoms with van der Waals surface area (Å²) in [4.78, 5) is 0. The van der Waals surface area contributed by atoms with Gasteiger partial charge in [-0.2, -0.15) is 0 Å². The Hall–Kier alpha value is -0.820. The first-order chi connectivity index (χ1) is 7.47. The maximum absolute atomic E-state index is 8.82. The molecular weight excluding hydrogens is 196 g/mol. The summed E-state index contributed by atoms with van der Waals surface area (Å²) in [5.74, 6) is 0.547. The van der Waals surface area contributed by atoms with E-state index < -0.39 is 0 Å². The van der Waals surface area contributed by atoms with Gasteiger partial charge in [-0.3, -0.25) is 0 Å². The van der Waals surface area contributed by atoms with Crippen LogP contribution in [0.1, 0.15) is 46.5 Å². The van der Waals surface area contributed by atoms with Crippen LogP contribution in [-0.4, -0.2) is 11.7 Å². The van der Waals surface area contributed by atoms with Gasteiger partial charge in [-0.05, 0) is 52.4 Å². The van der Waals surface area contributed by atoms with E-state index in [4.69, 9.17) is 5.11 Å². The molecule has 0 aromatic rings. The Balaban J connectivity index is 4.18. The van der Waals surface area contributed by atoms with Gasteiger partial charge < -0.3 is 5.11 Å². The molecule has 0 saturated carbocycles. The lowest BCUT2D eigenvalue weighted by Gasteiger charge is -2.15. The minimum absolute atomic E-state index is 0.242. The first kappa shape index (κ1) is 15.2. The van der Waals surface area contributed by atoms with Crippen LogP contribution in [0.3, 0.4) is 0 Å². The fourth-order valence-electron chi connectivity index (χ4n) is 1.61. The van der Waals surface area contributed by atoms with Crippen molar-refractivity contribution in [1.29, 1.82) is 0 Å². The highest BCUT2D eigenvalue weighted by atomic mass is 16.2. The van der Waals surface area contributed by atoms with E-state index in [2.05, 4.69) is 40.0 Å². The third-order valence-electron chi connectivity index (χ3n) is 2.87. The second-order valence-electron chi connectivity index (χ2n) is 4.80. The lowest BCUT2D eigenvalue weighted by molar-refractivity contribution is 0.299. The van der Waals surface area contributed by atoms with E-state index >= 15 is 0 Å². The van der Waals surface area contributed by atoms with Crippen LogP contribution in [0.5, 0.6) is 0 Å². The third-order valence-corrected chi connectivity index (χ3v) is 2.87. The largest absolute Gasteiger partial charge is 0.396 e. The van der Waals surface area contributed by atoms with E-state index in [0.29, 0.717) is 5.92 Å². The molecule has 0 aromatic heterocycles. The van der Waals surface area contributed by atoms with Crippen molar-refractivity contribution in [2.24, 2.45) is 5.92 Å². The Morgan fingerprint density at radius 2 is 1.81 bits per heavy atom. The summed E-state index contributed by atoms with van der Waals surface area (Å²) in [6.07, 6.45) is 6.25. The second kappa shape index (κ2) is 8.35. The van der Waals surface area contributed by atoms with Gasteiger partial charge in [-0.25, -0.2) is 0 Å². The maximum Gasteiger partial charge on any atom is 0.0468 e. The van der Waals surface area contributed by atoms with Gasteiger partial charge in [-0.15, -0.1) is 6.58 Å². The summed E-state index contributed by atoms with van der Waals surface area (Å²) in [7, 11) is 0. The Bertz CT molecular complexity index is 261. The standard InChI is InChI=1S/C15H26O/c1-12(2)6-8-15(13(3)4)9-7-14(5)10-11-16/h7,15-16H,1,3,6,8-11H2,2,4-5H3. The number of hydrogen-bond acceptors (Lipinski definition) is 1. The molecule has 0 radical (unpaired) electrons. The van der Waals surface area contributed by atoms with Crippen LogP contribution in [0.15, 0.2) is 36.0 Å². The van der Waals surface area contributed by atoms with Crippen LogP contribution < -0.4 is 0 Å². The number of rotatable bonds is 8. The molecule has 1 atom stereocenters. The smallest absolute Gasteiger partial charge is 0.0468 e. The molecular formula is C15H26O. The third kappa shape index (κ3) is 7.47. The maximum atomic E-state index is 8.82. The van der Waals surface area contributed by atoms with Gasteiger partial charge in [0.1, 0.15) is 0 Å². The summed E-state index contributed by atoms with van der Waals surface area (Å²) in [5, 5.41) is 8.82. The summed E-state index contributed by atoms with van der Waals surface area (Å²) in [6, 6.07) is 0. The molecule has 0 aliphatic carbocycles. The van der Waals surface area contributed by atoms with E-state index in [1.165, 1.54) is 16.7 Å². The van der Waals surface area contributed by atoms with Gasteiger partial charge in [0, 0.05) is 6.61 Å².